The number of H-pyrrole nitrogens is 1. The van der Waals surface area contributed by atoms with Crippen LogP contribution in [0.2, 0.25) is 0 Å². The molecule has 4 heterocycles. The largest absolute Gasteiger partial charge is 0.378 e. The van der Waals surface area contributed by atoms with Gasteiger partial charge in [-0.25, -0.2) is 4.98 Å². The number of aromatic amines is 1. The van der Waals surface area contributed by atoms with E-state index in [1.54, 1.807) is 4.90 Å². The Labute approximate surface area is 139 Å². The summed E-state index contributed by atoms with van der Waals surface area (Å²) in [6.07, 6.45) is 1.96. The fraction of sp³-hybridized carbons (Fsp3) is 0.688. The topological polar surface area (TPSA) is 87.8 Å². The Balaban J connectivity index is 1.53. The minimum atomic E-state index is -0.341. The van der Waals surface area contributed by atoms with Gasteiger partial charge in [0.1, 0.15) is 6.10 Å². The monoisotopic (exact) mass is 334 g/mol. The number of hydrogen-bond donors (Lipinski definition) is 1. The summed E-state index contributed by atoms with van der Waals surface area (Å²) in [5.41, 5.74) is 1.26. The smallest absolute Gasteiger partial charge is 0.257 e. The van der Waals surface area contributed by atoms with Crippen LogP contribution in [-0.4, -0.2) is 66.3 Å². The average molecular weight is 334 g/mol. The number of anilines is 1. The molecule has 4 rings (SSSR count). The van der Waals surface area contributed by atoms with Crippen molar-refractivity contribution >= 4 is 11.9 Å². The second kappa shape index (κ2) is 6.52. The molecule has 0 saturated carbocycles. The first-order chi connectivity index (χ1) is 11.7. The number of carbonyl (C=O) groups excluding carboxylic acids is 1. The molecule has 0 aromatic carbocycles. The number of carbonyl (C=O) groups is 1. The van der Waals surface area contributed by atoms with Gasteiger partial charge in [-0.2, -0.15) is 0 Å². The highest BCUT2D eigenvalue weighted by Crippen LogP contribution is 2.21. The molecule has 1 amide bonds. The highest BCUT2D eigenvalue weighted by molar-refractivity contribution is 5.81. The number of amides is 1. The number of rotatable bonds is 2. The summed E-state index contributed by atoms with van der Waals surface area (Å²) in [4.78, 5) is 36.2. The van der Waals surface area contributed by atoms with Crippen molar-refractivity contribution in [1.29, 1.82) is 0 Å². The Bertz CT molecular complexity index is 677. The molecular formula is C16H22N4O4. The molecule has 1 atom stereocenters. The zero-order valence-electron chi connectivity index (χ0n) is 13.6. The van der Waals surface area contributed by atoms with E-state index in [1.807, 2.05) is 4.90 Å². The van der Waals surface area contributed by atoms with Gasteiger partial charge in [0, 0.05) is 32.7 Å². The van der Waals surface area contributed by atoms with Crippen molar-refractivity contribution in [2.75, 3.05) is 44.4 Å². The van der Waals surface area contributed by atoms with Gasteiger partial charge < -0.3 is 19.3 Å². The summed E-state index contributed by atoms with van der Waals surface area (Å²) in [6, 6.07) is 0. The summed E-state index contributed by atoms with van der Waals surface area (Å²) in [5, 5.41) is 0. The van der Waals surface area contributed by atoms with E-state index in [9.17, 15) is 9.59 Å². The minimum Gasteiger partial charge on any atom is -0.378 e. The van der Waals surface area contributed by atoms with Crippen LogP contribution in [0, 0.1) is 0 Å². The van der Waals surface area contributed by atoms with Crippen LogP contribution >= 0.6 is 0 Å². The molecular weight excluding hydrogens is 312 g/mol. The van der Waals surface area contributed by atoms with Crippen LogP contribution in [0.4, 0.5) is 5.95 Å². The number of nitrogens with zero attached hydrogens (tertiary/aromatic N) is 3. The van der Waals surface area contributed by atoms with Gasteiger partial charge in [-0.3, -0.25) is 14.6 Å². The van der Waals surface area contributed by atoms with E-state index in [4.69, 9.17) is 9.47 Å². The summed E-state index contributed by atoms with van der Waals surface area (Å²) in [5.74, 6) is 0.607. The Morgan fingerprint density at radius 2 is 2.04 bits per heavy atom. The molecule has 2 fully saturated rings. The molecule has 3 aliphatic heterocycles. The summed E-state index contributed by atoms with van der Waals surface area (Å²) in [6.45, 7) is 4.29. The number of morpholine rings is 1. The molecule has 0 aliphatic carbocycles. The predicted molar refractivity (Wildman–Crippen MR) is 86.0 cm³/mol. The summed E-state index contributed by atoms with van der Waals surface area (Å²) >= 11 is 0. The first kappa shape index (κ1) is 15.6. The highest BCUT2D eigenvalue weighted by atomic mass is 16.5. The lowest BCUT2D eigenvalue weighted by atomic mass is 10.1. The van der Waals surface area contributed by atoms with Gasteiger partial charge in [-0.15, -0.1) is 0 Å². The van der Waals surface area contributed by atoms with E-state index in [0.29, 0.717) is 50.8 Å². The quantitative estimate of drug-likeness (QED) is 0.797. The van der Waals surface area contributed by atoms with Gasteiger partial charge in [0.05, 0.1) is 31.0 Å². The number of fused-ring (bicyclic) bond motifs is 1. The molecule has 0 radical (unpaired) electrons. The molecule has 0 unspecified atom stereocenters. The van der Waals surface area contributed by atoms with Gasteiger partial charge in [0.2, 0.25) is 5.95 Å². The van der Waals surface area contributed by atoms with Crippen LogP contribution < -0.4 is 10.5 Å². The van der Waals surface area contributed by atoms with Crippen molar-refractivity contribution in [2.24, 2.45) is 0 Å². The maximum atomic E-state index is 12.5. The van der Waals surface area contributed by atoms with E-state index >= 15 is 0 Å². The van der Waals surface area contributed by atoms with E-state index in [2.05, 4.69) is 9.97 Å². The van der Waals surface area contributed by atoms with Crippen molar-refractivity contribution in [2.45, 2.75) is 31.9 Å². The van der Waals surface area contributed by atoms with Gasteiger partial charge in [-0.1, -0.05) is 0 Å². The van der Waals surface area contributed by atoms with E-state index in [1.165, 1.54) is 0 Å². The third-order valence-electron chi connectivity index (χ3n) is 4.88. The third-order valence-corrected chi connectivity index (χ3v) is 4.88. The maximum Gasteiger partial charge on any atom is 0.257 e. The Morgan fingerprint density at radius 1 is 1.21 bits per heavy atom. The molecule has 1 aromatic rings. The lowest BCUT2D eigenvalue weighted by molar-refractivity contribution is -0.141. The molecule has 130 valence electrons. The number of hydrogen-bond acceptors (Lipinski definition) is 6. The normalized spacial score (nSPS) is 24.1. The average Bonchev–Trinajstić information content (AvgIpc) is 3.16. The predicted octanol–water partition coefficient (Wildman–Crippen LogP) is -0.330. The second-order valence-corrected chi connectivity index (χ2v) is 6.43. The third kappa shape index (κ3) is 2.91. The van der Waals surface area contributed by atoms with Crippen molar-refractivity contribution in [3.8, 4) is 0 Å². The maximum absolute atomic E-state index is 12.5. The molecule has 8 heteroatoms. The Hall–Kier alpha value is -1.93. The lowest BCUT2D eigenvalue weighted by Crippen LogP contribution is -2.45. The van der Waals surface area contributed by atoms with Crippen LogP contribution in [0.15, 0.2) is 4.79 Å². The van der Waals surface area contributed by atoms with Crippen LogP contribution in [-0.2, 0) is 27.2 Å². The van der Waals surface area contributed by atoms with Crippen molar-refractivity contribution in [3.05, 3.63) is 21.6 Å². The van der Waals surface area contributed by atoms with E-state index in [0.717, 1.165) is 31.6 Å². The second-order valence-electron chi connectivity index (χ2n) is 6.43. The van der Waals surface area contributed by atoms with Crippen LogP contribution in [0.1, 0.15) is 24.1 Å². The van der Waals surface area contributed by atoms with Crippen molar-refractivity contribution < 1.29 is 14.3 Å². The van der Waals surface area contributed by atoms with Crippen molar-refractivity contribution in [3.63, 3.8) is 0 Å². The van der Waals surface area contributed by atoms with Crippen LogP contribution in [0.25, 0.3) is 0 Å². The zero-order valence-corrected chi connectivity index (χ0v) is 13.6. The molecule has 8 nitrogen and oxygen atoms in total. The zero-order chi connectivity index (χ0) is 16.5. The summed E-state index contributed by atoms with van der Waals surface area (Å²) in [7, 11) is 0. The molecule has 0 bridgehead atoms. The minimum absolute atomic E-state index is 0.00481. The van der Waals surface area contributed by atoms with Gasteiger partial charge in [0.15, 0.2) is 0 Å². The highest BCUT2D eigenvalue weighted by Gasteiger charge is 2.32. The first-order valence-electron chi connectivity index (χ1n) is 8.57. The molecule has 1 aromatic heterocycles. The van der Waals surface area contributed by atoms with Crippen LogP contribution in [0.3, 0.4) is 0 Å². The number of aromatic nitrogens is 2. The number of ether oxygens (including phenoxy) is 2. The Morgan fingerprint density at radius 3 is 2.79 bits per heavy atom. The van der Waals surface area contributed by atoms with E-state index in [-0.39, 0.29) is 17.6 Å². The molecule has 0 spiro atoms. The SMILES string of the molecule is O=C([C@H]1CCCO1)N1CCc2nc(N3CCOCC3)[nH]c(=O)c2C1. The fourth-order valence-corrected chi connectivity index (χ4v) is 3.50. The first-order valence-corrected chi connectivity index (χ1v) is 8.57. The summed E-state index contributed by atoms with van der Waals surface area (Å²) < 4.78 is 10.8. The van der Waals surface area contributed by atoms with Crippen LogP contribution in [0.5, 0.6) is 0 Å². The molecule has 2 saturated heterocycles. The van der Waals surface area contributed by atoms with E-state index < -0.39 is 0 Å². The molecule has 3 aliphatic rings. The molecule has 1 N–H and O–H groups in total. The van der Waals surface area contributed by atoms with Gasteiger partial charge >= 0.3 is 0 Å². The Kier molecular flexibility index (Phi) is 4.24. The standard InChI is InChI=1S/C16H22N4O4/c21-14-11-10-20(15(22)13-2-1-7-24-13)4-3-12(11)17-16(18-14)19-5-8-23-9-6-19/h13H,1-10H2,(H,17,18,21)/t13-/m1/s1. The lowest BCUT2D eigenvalue weighted by Gasteiger charge is -2.31. The number of nitrogens with one attached hydrogen (secondary N) is 1. The van der Waals surface area contributed by atoms with Crippen molar-refractivity contribution in [1.82, 2.24) is 14.9 Å². The van der Waals surface area contributed by atoms with Gasteiger partial charge in [-0.05, 0) is 12.8 Å². The van der Waals surface area contributed by atoms with Gasteiger partial charge in [0.25, 0.3) is 11.5 Å². The fourth-order valence-electron chi connectivity index (χ4n) is 3.50. The molecule has 24 heavy (non-hydrogen) atoms.